The molecule has 0 radical (unpaired) electrons. The third-order valence-electron chi connectivity index (χ3n) is 5.08. The lowest BCUT2D eigenvalue weighted by Gasteiger charge is -2.31. The molecule has 1 aromatic heterocycles. The molecular weight excluding hydrogens is 340 g/mol. The molecule has 0 spiro atoms. The Balaban J connectivity index is 1.59. The largest absolute Gasteiger partial charge is 0.324 e. The van der Waals surface area contributed by atoms with E-state index in [1.54, 1.807) is 0 Å². The summed E-state index contributed by atoms with van der Waals surface area (Å²) in [5, 5.41) is 11.9. The van der Waals surface area contributed by atoms with Crippen molar-refractivity contribution >= 4 is 11.7 Å². The van der Waals surface area contributed by atoms with Crippen molar-refractivity contribution in [1.29, 1.82) is 0 Å². The number of likely N-dealkylation sites (tertiary alicyclic amines) is 1. The van der Waals surface area contributed by atoms with Crippen LogP contribution >= 0.6 is 0 Å². The Labute approximate surface area is 161 Å². The summed E-state index contributed by atoms with van der Waals surface area (Å²) in [7, 11) is 4.08. The van der Waals surface area contributed by atoms with Gasteiger partial charge >= 0.3 is 6.03 Å². The molecule has 7 heteroatoms. The number of hydrogen-bond donors (Lipinski definition) is 1. The van der Waals surface area contributed by atoms with Gasteiger partial charge in [-0.3, -0.25) is 0 Å². The first-order chi connectivity index (χ1) is 13.0. The maximum absolute atomic E-state index is 12.5. The van der Waals surface area contributed by atoms with E-state index < -0.39 is 0 Å². The molecular formula is C20H30N6O. The van der Waals surface area contributed by atoms with Gasteiger partial charge in [0.15, 0.2) is 0 Å². The average Bonchev–Trinajstić information content (AvgIpc) is 3.05. The normalized spacial score (nSPS) is 15.4. The Morgan fingerprint density at radius 3 is 2.44 bits per heavy atom. The van der Waals surface area contributed by atoms with Gasteiger partial charge in [0.25, 0.3) is 0 Å². The molecule has 0 bridgehead atoms. The van der Waals surface area contributed by atoms with Gasteiger partial charge in [0.1, 0.15) is 11.6 Å². The number of piperidine rings is 1. The smallest absolute Gasteiger partial charge is 0.321 e. The van der Waals surface area contributed by atoms with Crippen LogP contribution in [0.3, 0.4) is 0 Å². The highest BCUT2D eigenvalue weighted by Gasteiger charge is 2.28. The highest BCUT2D eigenvalue weighted by atomic mass is 16.2. The van der Waals surface area contributed by atoms with Crippen molar-refractivity contribution < 1.29 is 4.79 Å². The average molecular weight is 371 g/mol. The molecule has 0 atom stereocenters. The zero-order chi connectivity index (χ0) is 19.4. The van der Waals surface area contributed by atoms with Gasteiger partial charge in [-0.05, 0) is 52.9 Å². The minimum atomic E-state index is -0.0254. The minimum Gasteiger partial charge on any atom is -0.324 e. The zero-order valence-corrected chi connectivity index (χ0v) is 16.8. The molecule has 2 aromatic rings. The molecule has 27 heavy (non-hydrogen) atoms. The monoisotopic (exact) mass is 370 g/mol. The Hall–Kier alpha value is -2.41. The molecule has 2 amide bonds. The fourth-order valence-electron chi connectivity index (χ4n) is 3.58. The molecule has 1 aromatic carbocycles. The van der Waals surface area contributed by atoms with Crippen molar-refractivity contribution in [3.63, 3.8) is 0 Å². The van der Waals surface area contributed by atoms with E-state index in [-0.39, 0.29) is 6.03 Å². The second kappa shape index (κ2) is 8.52. The molecule has 1 saturated heterocycles. The zero-order valence-electron chi connectivity index (χ0n) is 16.8. The predicted octanol–water partition coefficient (Wildman–Crippen LogP) is 3.08. The van der Waals surface area contributed by atoms with Crippen molar-refractivity contribution in [1.82, 2.24) is 24.6 Å². The summed E-state index contributed by atoms with van der Waals surface area (Å²) in [6.07, 6.45) is 1.84. The summed E-state index contributed by atoms with van der Waals surface area (Å²) in [4.78, 5) is 16.5. The van der Waals surface area contributed by atoms with Crippen molar-refractivity contribution in [2.24, 2.45) is 0 Å². The lowest BCUT2D eigenvalue weighted by atomic mass is 9.96. The van der Waals surface area contributed by atoms with Crippen molar-refractivity contribution in [3.8, 4) is 0 Å². The van der Waals surface area contributed by atoms with Crippen LogP contribution in [0.5, 0.6) is 0 Å². The summed E-state index contributed by atoms with van der Waals surface area (Å²) in [5.41, 5.74) is 2.02. The fourth-order valence-corrected chi connectivity index (χ4v) is 3.58. The number of aromatic nitrogens is 3. The van der Waals surface area contributed by atoms with Gasteiger partial charge in [0, 0.05) is 31.2 Å². The van der Waals surface area contributed by atoms with Gasteiger partial charge in [-0.2, -0.15) is 0 Å². The van der Waals surface area contributed by atoms with E-state index in [0.717, 1.165) is 56.4 Å². The van der Waals surface area contributed by atoms with Gasteiger partial charge in [-0.15, -0.1) is 10.2 Å². The molecule has 3 rings (SSSR count). The van der Waals surface area contributed by atoms with Crippen LogP contribution in [0.25, 0.3) is 0 Å². The van der Waals surface area contributed by atoms with Gasteiger partial charge < -0.3 is 19.7 Å². The van der Waals surface area contributed by atoms with Gasteiger partial charge in [0.2, 0.25) is 0 Å². The SMILES string of the molecule is CCn1c(CN(C)C)nnc1C1CCN(C(=O)Nc2ccc(C)cc2)CC1. The lowest BCUT2D eigenvalue weighted by molar-refractivity contribution is 0.193. The number of anilines is 1. The first kappa shape index (κ1) is 19.4. The van der Waals surface area contributed by atoms with Crippen LogP contribution < -0.4 is 5.32 Å². The third kappa shape index (κ3) is 4.66. The molecule has 1 fully saturated rings. The predicted molar refractivity (Wildman–Crippen MR) is 107 cm³/mol. The molecule has 0 aliphatic carbocycles. The molecule has 7 nitrogen and oxygen atoms in total. The van der Waals surface area contributed by atoms with Crippen LogP contribution in [0.15, 0.2) is 24.3 Å². The summed E-state index contributed by atoms with van der Waals surface area (Å²) in [6.45, 7) is 7.31. The molecule has 0 saturated carbocycles. The van der Waals surface area contributed by atoms with Crippen LogP contribution in [0.2, 0.25) is 0 Å². The maximum Gasteiger partial charge on any atom is 0.321 e. The van der Waals surface area contributed by atoms with E-state index in [0.29, 0.717) is 5.92 Å². The van der Waals surface area contributed by atoms with Gasteiger partial charge in [-0.25, -0.2) is 4.79 Å². The van der Waals surface area contributed by atoms with Crippen LogP contribution in [0.4, 0.5) is 10.5 Å². The Morgan fingerprint density at radius 1 is 1.19 bits per heavy atom. The maximum atomic E-state index is 12.5. The summed E-state index contributed by atoms with van der Waals surface area (Å²) < 4.78 is 2.23. The van der Waals surface area contributed by atoms with Crippen LogP contribution in [-0.2, 0) is 13.1 Å². The number of urea groups is 1. The number of nitrogens with one attached hydrogen (secondary N) is 1. The first-order valence-corrected chi connectivity index (χ1v) is 9.67. The summed E-state index contributed by atoms with van der Waals surface area (Å²) >= 11 is 0. The Bertz CT molecular complexity index is 759. The van der Waals surface area contributed by atoms with E-state index in [1.807, 2.05) is 50.2 Å². The Kier molecular flexibility index (Phi) is 6.11. The second-order valence-electron chi connectivity index (χ2n) is 7.51. The van der Waals surface area contributed by atoms with Crippen molar-refractivity contribution in [2.45, 2.75) is 45.7 Å². The standard InChI is InChI=1S/C20H30N6O/c1-5-26-18(14-24(3)4)22-23-19(26)16-10-12-25(13-11-16)20(27)21-17-8-6-15(2)7-9-17/h6-9,16H,5,10-14H2,1-4H3,(H,21,27). The highest BCUT2D eigenvalue weighted by molar-refractivity contribution is 5.89. The van der Waals surface area contributed by atoms with Gasteiger partial charge in [0.05, 0.1) is 6.54 Å². The van der Waals surface area contributed by atoms with E-state index in [2.05, 4.69) is 31.9 Å². The molecule has 1 aliphatic rings. The van der Waals surface area contributed by atoms with E-state index in [9.17, 15) is 4.79 Å². The summed E-state index contributed by atoms with van der Waals surface area (Å²) in [5.74, 6) is 2.43. The summed E-state index contributed by atoms with van der Waals surface area (Å²) in [6, 6.07) is 7.86. The lowest BCUT2D eigenvalue weighted by Crippen LogP contribution is -2.41. The van der Waals surface area contributed by atoms with Crippen LogP contribution in [0.1, 0.15) is 42.9 Å². The number of nitrogens with zero attached hydrogens (tertiary/aromatic N) is 5. The fraction of sp³-hybridized carbons (Fsp3) is 0.550. The van der Waals surface area contributed by atoms with Crippen molar-refractivity contribution in [2.75, 3.05) is 32.5 Å². The number of carbonyl (C=O) groups excluding carboxylic acids is 1. The number of benzene rings is 1. The first-order valence-electron chi connectivity index (χ1n) is 9.67. The van der Waals surface area contributed by atoms with Crippen LogP contribution in [-0.4, -0.2) is 57.8 Å². The topological polar surface area (TPSA) is 66.3 Å². The van der Waals surface area contributed by atoms with E-state index in [1.165, 1.54) is 5.56 Å². The molecule has 1 aliphatic heterocycles. The quantitative estimate of drug-likeness (QED) is 0.878. The number of aryl methyl sites for hydroxylation is 1. The number of carbonyl (C=O) groups is 1. The Morgan fingerprint density at radius 2 is 1.85 bits per heavy atom. The number of amides is 2. The third-order valence-corrected chi connectivity index (χ3v) is 5.08. The van der Waals surface area contributed by atoms with Crippen molar-refractivity contribution in [3.05, 3.63) is 41.5 Å². The highest BCUT2D eigenvalue weighted by Crippen LogP contribution is 2.28. The van der Waals surface area contributed by atoms with Crippen LogP contribution in [0, 0.1) is 6.92 Å². The number of rotatable bonds is 5. The molecule has 1 N–H and O–H groups in total. The van der Waals surface area contributed by atoms with Gasteiger partial charge in [-0.1, -0.05) is 17.7 Å². The molecule has 2 heterocycles. The molecule has 0 unspecified atom stereocenters. The van der Waals surface area contributed by atoms with E-state index in [4.69, 9.17) is 0 Å². The molecule has 146 valence electrons. The second-order valence-corrected chi connectivity index (χ2v) is 7.51. The number of hydrogen-bond acceptors (Lipinski definition) is 4. The minimum absolute atomic E-state index is 0.0254. The van der Waals surface area contributed by atoms with E-state index >= 15 is 0 Å².